The molecule has 0 spiro atoms. The molecule has 0 bridgehead atoms. The number of thiocarbonyl (C=S) groups is 1. The van der Waals surface area contributed by atoms with Crippen molar-refractivity contribution < 1.29 is 15.6 Å². The average Bonchev–Trinajstić information content (AvgIpc) is 3.00. The van der Waals surface area contributed by atoms with E-state index >= 15 is 0 Å². The molecule has 1 fully saturated rings. The van der Waals surface area contributed by atoms with Crippen molar-refractivity contribution in [2.24, 2.45) is 0 Å². The van der Waals surface area contributed by atoms with E-state index in [0.29, 0.717) is 18.0 Å². The van der Waals surface area contributed by atoms with E-state index in [9.17, 15) is 4.79 Å². The molecule has 5 heteroatoms. The van der Waals surface area contributed by atoms with Gasteiger partial charge in [-0.1, -0.05) is 30.3 Å². The first kappa shape index (κ1) is 15.3. The van der Waals surface area contributed by atoms with Gasteiger partial charge in [0.2, 0.25) is 0 Å². The molecule has 0 N–H and O–H groups in total. The zero-order valence-corrected chi connectivity index (χ0v) is 14.1. The molecule has 0 unspecified atom stereocenters. The normalized spacial score (nSPS) is 22.1. The summed E-state index contributed by atoms with van der Waals surface area (Å²) in [5.41, 5.74) is 0.354. The minimum atomic E-state index is -0.818. The number of benzene rings is 1. The summed E-state index contributed by atoms with van der Waals surface area (Å²) in [6, 6.07) is 9.78. The number of ether oxygens (including phenoxy) is 2. The fourth-order valence-corrected chi connectivity index (χ4v) is 2.88. The maximum absolute atomic E-state index is 12.5. The standard InChI is InChI=1S/C17H23NO3S/c1-17(2,3)21-16(19)18-11-13(10-14(18)15(22)20-4)12-8-6-5-7-9-12/h5-9,13-14H,10-11H2,1-4H3/t13-,14+/m1/s1/i1D. The van der Waals surface area contributed by atoms with Gasteiger partial charge in [-0.05, 0) is 44.9 Å². The van der Waals surface area contributed by atoms with Crippen LogP contribution in [0.25, 0.3) is 0 Å². The lowest BCUT2D eigenvalue weighted by Crippen LogP contribution is -2.43. The highest BCUT2D eigenvalue weighted by molar-refractivity contribution is 7.80. The number of nitrogens with zero attached hydrogens (tertiary/aromatic N) is 1. The van der Waals surface area contributed by atoms with Gasteiger partial charge in [-0.3, -0.25) is 4.90 Å². The number of hydrogen-bond acceptors (Lipinski definition) is 4. The Kier molecular flexibility index (Phi) is 4.62. The minimum Gasteiger partial charge on any atom is -0.488 e. The molecule has 22 heavy (non-hydrogen) atoms. The van der Waals surface area contributed by atoms with Crippen molar-refractivity contribution in [3.63, 3.8) is 0 Å². The first-order valence-electron chi connectivity index (χ1n) is 8.00. The number of methoxy groups -OCH3 is 1. The Labute approximate surface area is 138 Å². The number of carbonyl (C=O) groups excluding carboxylic acids is 1. The van der Waals surface area contributed by atoms with Gasteiger partial charge in [0.05, 0.1) is 7.11 Å². The Bertz CT molecular complexity index is 564. The molecule has 4 nitrogen and oxygen atoms in total. The van der Waals surface area contributed by atoms with Crippen LogP contribution in [-0.4, -0.2) is 41.3 Å². The maximum atomic E-state index is 12.5. The third-order valence-corrected chi connectivity index (χ3v) is 4.08. The second-order valence-electron chi connectivity index (χ2n) is 6.16. The molecule has 1 heterocycles. The zero-order chi connectivity index (χ0) is 17.0. The van der Waals surface area contributed by atoms with E-state index in [0.717, 1.165) is 0 Å². The Balaban J connectivity index is 2.18. The lowest BCUT2D eigenvalue weighted by molar-refractivity contribution is 0.0255. The van der Waals surface area contributed by atoms with Crippen LogP contribution in [-0.2, 0) is 9.47 Å². The Morgan fingerprint density at radius 2 is 2.09 bits per heavy atom. The van der Waals surface area contributed by atoms with Gasteiger partial charge >= 0.3 is 6.09 Å². The fraction of sp³-hybridized carbons (Fsp3) is 0.529. The fourth-order valence-electron chi connectivity index (χ4n) is 2.66. The van der Waals surface area contributed by atoms with Crippen molar-refractivity contribution in [2.75, 3.05) is 13.7 Å². The Morgan fingerprint density at radius 3 is 2.68 bits per heavy atom. The van der Waals surface area contributed by atoms with E-state index in [1.54, 1.807) is 18.7 Å². The van der Waals surface area contributed by atoms with Crippen LogP contribution >= 0.6 is 12.2 Å². The lowest BCUT2D eigenvalue weighted by Gasteiger charge is -2.28. The van der Waals surface area contributed by atoms with Crippen LogP contribution < -0.4 is 0 Å². The molecule has 2 atom stereocenters. The Morgan fingerprint density at radius 1 is 1.41 bits per heavy atom. The lowest BCUT2D eigenvalue weighted by atomic mass is 9.97. The molecule has 1 aliphatic rings. The second-order valence-corrected chi connectivity index (χ2v) is 6.56. The highest BCUT2D eigenvalue weighted by Crippen LogP contribution is 2.33. The average molecular weight is 322 g/mol. The molecule has 0 aliphatic carbocycles. The third-order valence-electron chi connectivity index (χ3n) is 3.64. The van der Waals surface area contributed by atoms with Gasteiger partial charge in [0.15, 0.2) is 5.05 Å². The maximum Gasteiger partial charge on any atom is 0.410 e. The molecule has 0 saturated carbocycles. The van der Waals surface area contributed by atoms with Gasteiger partial charge < -0.3 is 9.47 Å². The smallest absolute Gasteiger partial charge is 0.410 e. The van der Waals surface area contributed by atoms with Crippen molar-refractivity contribution in [1.29, 1.82) is 0 Å². The molecule has 1 aromatic carbocycles. The van der Waals surface area contributed by atoms with E-state index in [1.807, 2.05) is 18.2 Å². The first-order chi connectivity index (χ1) is 10.9. The second kappa shape index (κ2) is 6.65. The number of rotatable bonds is 2. The summed E-state index contributed by atoms with van der Waals surface area (Å²) in [7, 11) is 1.52. The third kappa shape index (κ3) is 3.97. The minimum absolute atomic E-state index is 0.00802. The van der Waals surface area contributed by atoms with Gasteiger partial charge in [0, 0.05) is 13.8 Å². The summed E-state index contributed by atoms with van der Waals surface area (Å²) >= 11 is 5.28. The molecular weight excluding hydrogens is 298 g/mol. The van der Waals surface area contributed by atoms with Crippen LogP contribution in [0.1, 0.15) is 40.0 Å². The summed E-state index contributed by atoms with van der Waals surface area (Å²) in [6.07, 6.45) is 0.276. The van der Waals surface area contributed by atoms with Gasteiger partial charge in [-0.15, -0.1) is 0 Å². The van der Waals surface area contributed by atoms with Gasteiger partial charge in [0.25, 0.3) is 0 Å². The van der Waals surface area contributed by atoms with Gasteiger partial charge in [-0.2, -0.15) is 0 Å². The van der Waals surface area contributed by atoms with Crippen LogP contribution in [0.4, 0.5) is 4.79 Å². The summed E-state index contributed by atoms with van der Waals surface area (Å²) in [5, 5.41) is 0.393. The zero-order valence-electron chi connectivity index (χ0n) is 14.2. The summed E-state index contributed by atoms with van der Waals surface area (Å²) in [5.74, 6) is 0.195. The van der Waals surface area contributed by atoms with E-state index < -0.39 is 11.7 Å². The van der Waals surface area contributed by atoms with E-state index in [2.05, 4.69) is 12.1 Å². The van der Waals surface area contributed by atoms with Crippen LogP contribution in [0, 0.1) is 0 Å². The van der Waals surface area contributed by atoms with Crippen LogP contribution in [0.2, 0.25) is 0 Å². The summed E-state index contributed by atoms with van der Waals surface area (Å²) < 4.78 is 18.1. The molecule has 1 aromatic rings. The predicted octanol–water partition coefficient (Wildman–Crippen LogP) is 3.75. The first-order valence-corrected chi connectivity index (χ1v) is 7.70. The summed E-state index contributed by atoms with van der Waals surface area (Å²) in [6.45, 7) is 4.00. The van der Waals surface area contributed by atoms with Crippen LogP contribution in [0.5, 0.6) is 0 Å². The van der Waals surface area contributed by atoms with E-state index in [4.69, 9.17) is 23.1 Å². The van der Waals surface area contributed by atoms with E-state index in [1.165, 1.54) is 12.7 Å². The van der Waals surface area contributed by atoms with Crippen molar-refractivity contribution in [3.05, 3.63) is 35.9 Å². The molecule has 120 valence electrons. The SMILES string of the molecule is [2H]CC(C)(C)OC(=O)N1C[C@H](c2ccccc2)C[C@H]1C(=S)OC. The highest BCUT2D eigenvalue weighted by atomic mass is 32.1. The number of hydrogen-bond donors (Lipinski definition) is 0. The van der Waals surface area contributed by atoms with Crippen molar-refractivity contribution in [1.82, 2.24) is 4.90 Å². The largest absolute Gasteiger partial charge is 0.488 e. The molecule has 0 aromatic heterocycles. The molecule has 1 amide bonds. The highest BCUT2D eigenvalue weighted by Gasteiger charge is 2.40. The predicted molar refractivity (Wildman–Crippen MR) is 90.1 cm³/mol. The van der Waals surface area contributed by atoms with Crippen molar-refractivity contribution in [2.45, 2.75) is 44.7 Å². The number of likely N-dealkylation sites (tertiary alicyclic amines) is 1. The molecule has 1 saturated heterocycles. The molecule has 0 radical (unpaired) electrons. The quantitative estimate of drug-likeness (QED) is 0.777. The van der Waals surface area contributed by atoms with Gasteiger partial charge in [0.1, 0.15) is 11.6 Å². The van der Waals surface area contributed by atoms with Crippen molar-refractivity contribution in [3.8, 4) is 0 Å². The number of carbonyl (C=O) groups is 1. The summed E-state index contributed by atoms with van der Waals surface area (Å²) in [4.78, 5) is 14.2. The monoisotopic (exact) mass is 322 g/mol. The topological polar surface area (TPSA) is 38.8 Å². The molecule has 2 rings (SSSR count). The molecule has 1 aliphatic heterocycles. The Hall–Kier alpha value is -1.62. The van der Waals surface area contributed by atoms with E-state index in [-0.39, 0.29) is 18.9 Å². The van der Waals surface area contributed by atoms with Crippen LogP contribution in [0.3, 0.4) is 0 Å². The molecular formula is C17H23NO3S. The number of amides is 1. The van der Waals surface area contributed by atoms with Gasteiger partial charge in [-0.25, -0.2) is 4.79 Å². The van der Waals surface area contributed by atoms with Crippen LogP contribution in [0.15, 0.2) is 30.3 Å². The van der Waals surface area contributed by atoms with Crippen molar-refractivity contribution >= 4 is 23.4 Å².